The van der Waals surface area contributed by atoms with Gasteiger partial charge in [-0.1, -0.05) is 6.07 Å². The maximum atomic E-state index is 12.6. The van der Waals surface area contributed by atoms with Crippen molar-refractivity contribution in [2.24, 2.45) is 0 Å². The number of carbonyl (C=O) groups is 1. The van der Waals surface area contributed by atoms with Gasteiger partial charge in [0.25, 0.3) is 0 Å². The fourth-order valence-corrected chi connectivity index (χ4v) is 4.11. The van der Waals surface area contributed by atoms with Crippen LogP contribution in [0.25, 0.3) is 11.0 Å². The van der Waals surface area contributed by atoms with Crippen molar-refractivity contribution >= 4 is 22.7 Å². The molecule has 158 valence electrons. The molecule has 1 atom stereocenters. The topological polar surface area (TPSA) is 61.6 Å². The first kappa shape index (κ1) is 20.4. The van der Waals surface area contributed by atoms with Crippen molar-refractivity contribution in [3.05, 3.63) is 59.5 Å². The number of benzene rings is 1. The number of hydrogen-bond acceptors (Lipinski definition) is 5. The summed E-state index contributed by atoms with van der Waals surface area (Å²) in [5.41, 5.74) is 4.20. The Kier molecular flexibility index (Phi) is 6.04. The lowest BCUT2D eigenvalue weighted by molar-refractivity contribution is -0.121. The predicted molar refractivity (Wildman–Crippen MR) is 120 cm³/mol. The highest BCUT2D eigenvalue weighted by Crippen LogP contribution is 2.25. The molecule has 30 heavy (non-hydrogen) atoms. The number of nitrogens with zero attached hydrogens (tertiary/aromatic N) is 3. The first-order valence-electron chi connectivity index (χ1n) is 10.6. The lowest BCUT2D eigenvalue weighted by atomic mass is 10.0. The van der Waals surface area contributed by atoms with Crippen molar-refractivity contribution in [2.45, 2.75) is 33.2 Å². The van der Waals surface area contributed by atoms with Crippen LogP contribution in [0, 0.1) is 13.8 Å². The van der Waals surface area contributed by atoms with E-state index < -0.39 is 0 Å². The Labute approximate surface area is 177 Å². The molecule has 1 fully saturated rings. The Hall–Kier alpha value is -2.86. The summed E-state index contributed by atoms with van der Waals surface area (Å²) in [7, 11) is 0. The number of fused-ring (bicyclic) bond motifs is 1. The number of carbonyl (C=O) groups excluding carboxylic acids is 1. The van der Waals surface area contributed by atoms with Crippen LogP contribution in [-0.4, -0.2) is 54.6 Å². The van der Waals surface area contributed by atoms with E-state index in [0.717, 1.165) is 55.1 Å². The molecular weight excluding hydrogens is 376 g/mol. The van der Waals surface area contributed by atoms with Gasteiger partial charge in [-0.15, -0.1) is 0 Å². The number of piperazine rings is 1. The standard InChI is InChI=1S/C24H30N4O2/c1-17-12-21-20(16-30-22(21)13-18(17)2)14-24(29)26-19(3)15-27-8-10-28(11-9-27)23-6-4-5-7-25-23/h4-7,12-13,16,19H,8-11,14-15H2,1-3H3,(H,26,29). The number of furan rings is 1. The molecule has 1 unspecified atom stereocenters. The predicted octanol–water partition coefficient (Wildman–Crippen LogP) is 3.31. The number of aryl methyl sites for hydroxylation is 2. The van der Waals surface area contributed by atoms with E-state index in [4.69, 9.17) is 4.42 Å². The van der Waals surface area contributed by atoms with Crippen LogP contribution >= 0.6 is 0 Å². The van der Waals surface area contributed by atoms with Gasteiger partial charge in [0.05, 0.1) is 12.7 Å². The lowest BCUT2D eigenvalue weighted by Gasteiger charge is -2.36. The summed E-state index contributed by atoms with van der Waals surface area (Å²) in [5, 5.41) is 4.18. The normalized spacial score (nSPS) is 16.0. The third-order valence-electron chi connectivity index (χ3n) is 5.91. The van der Waals surface area contributed by atoms with Crippen LogP contribution in [0.2, 0.25) is 0 Å². The van der Waals surface area contributed by atoms with Crippen LogP contribution in [0.3, 0.4) is 0 Å². The van der Waals surface area contributed by atoms with E-state index in [2.05, 4.69) is 53.0 Å². The molecule has 0 aliphatic carbocycles. The zero-order valence-corrected chi connectivity index (χ0v) is 18.0. The number of amides is 1. The molecule has 1 aliphatic rings. The van der Waals surface area contributed by atoms with Gasteiger partial charge in [0.1, 0.15) is 11.4 Å². The van der Waals surface area contributed by atoms with Crippen LogP contribution in [0.1, 0.15) is 23.6 Å². The third kappa shape index (κ3) is 4.65. The van der Waals surface area contributed by atoms with E-state index in [1.54, 1.807) is 6.26 Å². The molecular formula is C24H30N4O2. The van der Waals surface area contributed by atoms with Gasteiger partial charge in [-0.2, -0.15) is 0 Å². The summed E-state index contributed by atoms with van der Waals surface area (Å²) < 4.78 is 5.66. The summed E-state index contributed by atoms with van der Waals surface area (Å²) in [4.78, 5) is 21.8. The van der Waals surface area contributed by atoms with Crippen LogP contribution in [-0.2, 0) is 11.2 Å². The highest BCUT2D eigenvalue weighted by atomic mass is 16.3. The number of aromatic nitrogens is 1. The van der Waals surface area contributed by atoms with Crippen LogP contribution in [0.5, 0.6) is 0 Å². The second kappa shape index (κ2) is 8.88. The van der Waals surface area contributed by atoms with Gasteiger partial charge in [-0.25, -0.2) is 4.98 Å². The number of pyridine rings is 1. The molecule has 1 aromatic carbocycles. The molecule has 3 heterocycles. The quantitative estimate of drug-likeness (QED) is 0.681. The molecule has 0 bridgehead atoms. The molecule has 2 aromatic heterocycles. The fraction of sp³-hybridized carbons (Fsp3) is 0.417. The minimum Gasteiger partial charge on any atom is -0.464 e. The van der Waals surface area contributed by atoms with Gasteiger partial charge in [-0.05, 0) is 56.2 Å². The number of rotatable bonds is 6. The van der Waals surface area contributed by atoms with E-state index in [0.29, 0.717) is 6.42 Å². The van der Waals surface area contributed by atoms with Gasteiger partial charge in [0.2, 0.25) is 5.91 Å². The van der Waals surface area contributed by atoms with Crippen molar-refractivity contribution in [3.8, 4) is 0 Å². The second-order valence-corrected chi connectivity index (χ2v) is 8.31. The van der Waals surface area contributed by atoms with Gasteiger partial charge < -0.3 is 14.6 Å². The van der Waals surface area contributed by atoms with Crippen molar-refractivity contribution in [1.29, 1.82) is 0 Å². The Bertz CT molecular complexity index is 1010. The molecule has 1 N–H and O–H groups in total. The van der Waals surface area contributed by atoms with Gasteiger partial charge in [0, 0.05) is 55.9 Å². The van der Waals surface area contributed by atoms with Gasteiger partial charge in [0.15, 0.2) is 0 Å². The van der Waals surface area contributed by atoms with Crippen molar-refractivity contribution in [1.82, 2.24) is 15.2 Å². The summed E-state index contributed by atoms with van der Waals surface area (Å²) in [5.74, 6) is 1.08. The summed E-state index contributed by atoms with van der Waals surface area (Å²) >= 11 is 0. The average molecular weight is 407 g/mol. The molecule has 0 saturated carbocycles. The maximum Gasteiger partial charge on any atom is 0.224 e. The molecule has 6 heteroatoms. The molecule has 6 nitrogen and oxygen atoms in total. The lowest BCUT2D eigenvalue weighted by Crippen LogP contribution is -2.51. The zero-order valence-electron chi connectivity index (χ0n) is 18.0. The van der Waals surface area contributed by atoms with Crippen molar-refractivity contribution < 1.29 is 9.21 Å². The second-order valence-electron chi connectivity index (χ2n) is 8.31. The SMILES string of the molecule is Cc1cc2occ(CC(=O)NC(C)CN3CCN(c4ccccn4)CC3)c2cc1C. The van der Waals surface area contributed by atoms with Crippen LogP contribution in [0.4, 0.5) is 5.82 Å². The highest BCUT2D eigenvalue weighted by Gasteiger charge is 2.20. The van der Waals surface area contributed by atoms with E-state index >= 15 is 0 Å². The Morgan fingerprint density at radius 1 is 1.17 bits per heavy atom. The molecule has 1 saturated heterocycles. The summed E-state index contributed by atoms with van der Waals surface area (Å²) in [6, 6.07) is 10.3. The number of anilines is 1. The molecule has 0 radical (unpaired) electrons. The Morgan fingerprint density at radius 3 is 2.67 bits per heavy atom. The van der Waals surface area contributed by atoms with E-state index in [9.17, 15) is 4.79 Å². The van der Waals surface area contributed by atoms with Gasteiger partial charge in [-0.3, -0.25) is 9.69 Å². The molecule has 0 spiro atoms. The molecule has 1 amide bonds. The first-order chi connectivity index (χ1) is 14.5. The minimum atomic E-state index is 0.0375. The highest BCUT2D eigenvalue weighted by molar-refractivity contribution is 5.88. The number of nitrogens with one attached hydrogen (secondary N) is 1. The summed E-state index contributed by atoms with van der Waals surface area (Å²) in [6.45, 7) is 10.9. The molecule has 4 rings (SSSR count). The maximum absolute atomic E-state index is 12.6. The average Bonchev–Trinajstić information content (AvgIpc) is 3.10. The molecule has 3 aromatic rings. The Morgan fingerprint density at radius 2 is 1.93 bits per heavy atom. The van der Waals surface area contributed by atoms with E-state index in [-0.39, 0.29) is 11.9 Å². The van der Waals surface area contributed by atoms with Crippen molar-refractivity contribution in [3.63, 3.8) is 0 Å². The van der Waals surface area contributed by atoms with E-state index in [1.165, 1.54) is 11.1 Å². The van der Waals surface area contributed by atoms with Crippen molar-refractivity contribution in [2.75, 3.05) is 37.6 Å². The minimum absolute atomic E-state index is 0.0375. The van der Waals surface area contributed by atoms with E-state index in [1.807, 2.05) is 24.4 Å². The van der Waals surface area contributed by atoms with Gasteiger partial charge >= 0.3 is 0 Å². The Balaban J connectivity index is 1.27. The fourth-order valence-electron chi connectivity index (χ4n) is 4.11. The van der Waals surface area contributed by atoms with Crippen LogP contribution in [0.15, 0.2) is 47.2 Å². The molecule has 1 aliphatic heterocycles. The monoisotopic (exact) mass is 406 g/mol. The third-order valence-corrected chi connectivity index (χ3v) is 5.91. The smallest absolute Gasteiger partial charge is 0.224 e. The summed E-state index contributed by atoms with van der Waals surface area (Å²) in [6.07, 6.45) is 3.89. The number of hydrogen-bond donors (Lipinski definition) is 1. The first-order valence-corrected chi connectivity index (χ1v) is 10.6. The van der Waals surface area contributed by atoms with Crippen LogP contribution < -0.4 is 10.2 Å². The zero-order chi connectivity index (χ0) is 21.1. The largest absolute Gasteiger partial charge is 0.464 e.